The van der Waals surface area contributed by atoms with Gasteiger partial charge in [0.15, 0.2) is 0 Å². The second-order valence-electron chi connectivity index (χ2n) is 3.72. The van der Waals surface area contributed by atoms with Crippen molar-refractivity contribution in [1.29, 1.82) is 0 Å². The average Bonchev–Trinajstić information content (AvgIpc) is 2.27. The Morgan fingerprint density at radius 2 is 2.17 bits per heavy atom. The molecule has 1 aromatic heterocycles. The van der Waals surface area contributed by atoms with Crippen molar-refractivity contribution in [3.05, 3.63) is 23.9 Å². The first-order chi connectivity index (χ1) is 8.38. The van der Waals surface area contributed by atoms with Crippen LogP contribution < -0.4 is 15.8 Å². The third-order valence-electron chi connectivity index (χ3n) is 2.03. The van der Waals surface area contributed by atoms with Crippen LogP contribution in [0.5, 0.6) is 0 Å². The zero-order valence-electron chi connectivity index (χ0n) is 10.0. The Bertz CT molecular complexity index is 516. The van der Waals surface area contributed by atoms with Gasteiger partial charge in [-0.05, 0) is 18.6 Å². The number of rotatable bonds is 7. The Labute approximate surface area is 112 Å². The summed E-state index contributed by atoms with van der Waals surface area (Å²) in [6.07, 6.45) is 1.79. The van der Waals surface area contributed by atoms with Crippen molar-refractivity contribution in [2.45, 2.75) is 6.42 Å². The van der Waals surface area contributed by atoms with Crippen LogP contribution in [0, 0.1) is 0 Å². The molecular weight excluding hydrogens is 272 g/mol. The molecule has 4 N–H and O–H groups in total. The molecule has 0 unspecified atom stereocenters. The monoisotopic (exact) mass is 288 g/mol. The molecule has 0 saturated heterocycles. The number of aromatic nitrogens is 1. The summed E-state index contributed by atoms with van der Waals surface area (Å²) < 4.78 is 24.0. The molecule has 0 aliphatic heterocycles. The van der Waals surface area contributed by atoms with Gasteiger partial charge in [-0.2, -0.15) is 0 Å². The van der Waals surface area contributed by atoms with E-state index in [2.05, 4.69) is 15.0 Å². The lowest BCUT2D eigenvalue weighted by molar-refractivity contribution is 0.586. The predicted molar refractivity (Wildman–Crippen MR) is 76.1 cm³/mol. The van der Waals surface area contributed by atoms with E-state index in [9.17, 15) is 8.42 Å². The van der Waals surface area contributed by atoms with Crippen LogP contribution in [0.15, 0.2) is 18.2 Å². The van der Waals surface area contributed by atoms with Crippen molar-refractivity contribution in [3.63, 3.8) is 0 Å². The smallest absolute Gasteiger partial charge is 0.208 e. The maximum Gasteiger partial charge on any atom is 0.208 e. The summed E-state index contributed by atoms with van der Waals surface area (Å²) in [4.78, 5) is 4.45. The Hall–Kier alpha value is -1.25. The number of hydrogen-bond donors (Lipinski definition) is 3. The number of nitrogens with two attached hydrogens (primary N) is 1. The van der Waals surface area contributed by atoms with Gasteiger partial charge in [0.05, 0.1) is 11.9 Å². The van der Waals surface area contributed by atoms with Gasteiger partial charge in [0, 0.05) is 13.1 Å². The Kier molecular flexibility index (Phi) is 5.45. The zero-order chi connectivity index (χ0) is 13.6. The first-order valence-electron chi connectivity index (χ1n) is 5.34. The molecule has 0 atom stereocenters. The summed E-state index contributed by atoms with van der Waals surface area (Å²) in [6, 6.07) is 5.34. The molecule has 18 heavy (non-hydrogen) atoms. The highest BCUT2D eigenvalue weighted by molar-refractivity contribution is 7.88. The van der Waals surface area contributed by atoms with Gasteiger partial charge in [0.1, 0.15) is 10.8 Å². The van der Waals surface area contributed by atoms with Crippen molar-refractivity contribution < 1.29 is 8.42 Å². The Morgan fingerprint density at radius 3 is 2.78 bits per heavy atom. The van der Waals surface area contributed by atoms with Gasteiger partial charge in [-0.1, -0.05) is 18.3 Å². The molecule has 0 amide bonds. The number of sulfonamides is 1. The van der Waals surface area contributed by atoms with Crippen LogP contribution in [0.1, 0.15) is 12.1 Å². The van der Waals surface area contributed by atoms with Crippen molar-refractivity contribution in [2.24, 2.45) is 5.73 Å². The van der Waals surface area contributed by atoms with Gasteiger partial charge in [-0.15, -0.1) is 0 Å². The molecule has 100 valence electrons. The molecule has 1 aromatic rings. The maximum atomic E-state index is 10.8. The maximum absolute atomic E-state index is 10.8. The molecule has 8 heteroatoms. The SMILES string of the molecule is CS(=O)(=O)NCCCNc1cccc(C(N)=S)n1. The molecule has 1 heterocycles. The molecule has 1 rings (SSSR count). The highest BCUT2D eigenvalue weighted by Crippen LogP contribution is 2.04. The summed E-state index contributed by atoms with van der Waals surface area (Å²) in [5, 5.41) is 3.07. The van der Waals surface area contributed by atoms with Gasteiger partial charge < -0.3 is 11.1 Å². The minimum Gasteiger partial charge on any atom is -0.388 e. The van der Waals surface area contributed by atoms with Gasteiger partial charge in [0.2, 0.25) is 10.0 Å². The number of thiocarbonyl (C=S) groups is 1. The molecular formula is C10H16N4O2S2. The van der Waals surface area contributed by atoms with Crippen LogP contribution >= 0.6 is 12.2 Å². The van der Waals surface area contributed by atoms with E-state index in [1.807, 2.05) is 0 Å². The first kappa shape index (κ1) is 14.8. The predicted octanol–water partition coefficient (Wildman–Crippen LogP) is 0.0670. The lowest BCUT2D eigenvalue weighted by atomic mass is 10.3. The van der Waals surface area contributed by atoms with Crippen LogP contribution in [-0.4, -0.2) is 37.7 Å². The van der Waals surface area contributed by atoms with E-state index in [0.717, 1.165) is 6.26 Å². The standard InChI is InChI=1S/C10H16N4O2S2/c1-18(15,16)13-7-3-6-12-9-5-2-4-8(14-9)10(11)17/h2,4-5,13H,3,6-7H2,1H3,(H2,11,17)(H,12,14). The van der Waals surface area contributed by atoms with Gasteiger partial charge in [-0.3, -0.25) is 0 Å². The highest BCUT2D eigenvalue weighted by Gasteiger charge is 2.01. The molecule has 0 spiro atoms. The molecule has 6 nitrogen and oxygen atoms in total. The largest absolute Gasteiger partial charge is 0.388 e. The number of hydrogen-bond acceptors (Lipinski definition) is 5. The Balaban J connectivity index is 2.36. The second-order valence-corrected chi connectivity index (χ2v) is 5.99. The summed E-state index contributed by atoms with van der Waals surface area (Å²) in [5.74, 6) is 0.666. The Morgan fingerprint density at radius 1 is 1.44 bits per heavy atom. The topological polar surface area (TPSA) is 97.1 Å². The zero-order valence-corrected chi connectivity index (χ0v) is 11.6. The molecule has 0 aromatic carbocycles. The van der Waals surface area contributed by atoms with Crippen LogP contribution in [0.2, 0.25) is 0 Å². The quantitative estimate of drug-likeness (QED) is 0.485. The average molecular weight is 288 g/mol. The minimum atomic E-state index is -3.11. The molecule has 0 aliphatic carbocycles. The summed E-state index contributed by atoms with van der Waals surface area (Å²) in [7, 11) is -3.11. The van der Waals surface area contributed by atoms with Crippen LogP contribution in [0.4, 0.5) is 5.82 Å². The van der Waals surface area contributed by atoms with Gasteiger partial charge in [-0.25, -0.2) is 18.1 Å². The van der Waals surface area contributed by atoms with E-state index in [0.29, 0.717) is 31.0 Å². The van der Waals surface area contributed by atoms with Gasteiger partial charge in [0.25, 0.3) is 0 Å². The lowest BCUT2D eigenvalue weighted by Crippen LogP contribution is -2.24. The number of anilines is 1. The van der Waals surface area contributed by atoms with Crippen molar-refractivity contribution in [1.82, 2.24) is 9.71 Å². The van der Waals surface area contributed by atoms with Crippen molar-refractivity contribution >= 4 is 33.0 Å². The number of nitrogens with one attached hydrogen (secondary N) is 2. The lowest BCUT2D eigenvalue weighted by Gasteiger charge is -2.07. The van der Waals surface area contributed by atoms with Crippen molar-refractivity contribution in [2.75, 3.05) is 24.7 Å². The number of nitrogens with zero attached hydrogens (tertiary/aromatic N) is 1. The van der Waals surface area contributed by atoms with E-state index in [4.69, 9.17) is 18.0 Å². The van der Waals surface area contributed by atoms with E-state index in [1.165, 1.54) is 0 Å². The molecule has 0 aliphatic rings. The fourth-order valence-electron chi connectivity index (χ4n) is 1.23. The molecule has 0 bridgehead atoms. The first-order valence-corrected chi connectivity index (χ1v) is 7.64. The fraction of sp³-hybridized carbons (Fsp3) is 0.400. The minimum absolute atomic E-state index is 0.248. The molecule has 0 saturated carbocycles. The summed E-state index contributed by atoms with van der Waals surface area (Å²) in [6.45, 7) is 0.997. The molecule has 0 fully saturated rings. The fourth-order valence-corrected chi connectivity index (χ4v) is 1.86. The van der Waals surface area contributed by atoms with Crippen LogP contribution in [-0.2, 0) is 10.0 Å². The van der Waals surface area contributed by atoms with E-state index in [-0.39, 0.29) is 4.99 Å². The third-order valence-corrected chi connectivity index (χ3v) is 2.96. The summed E-state index contributed by atoms with van der Waals surface area (Å²) >= 11 is 4.83. The molecule has 0 radical (unpaired) electrons. The second kappa shape index (κ2) is 6.62. The van der Waals surface area contributed by atoms with E-state index < -0.39 is 10.0 Å². The van der Waals surface area contributed by atoms with Gasteiger partial charge >= 0.3 is 0 Å². The van der Waals surface area contributed by atoms with E-state index in [1.54, 1.807) is 18.2 Å². The van der Waals surface area contributed by atoms with Crippen molar-refractivity contribution in [3.8, 4) is 0 Å². The van der Waals surface area contributed by atoms with E-state index >= 15 is 0 Å². The highest BCUT2D eigenvalue weighted by atomic mass is 32.2. The third kappa shape index (κ3) is 5.89. The number of pyridine rings is 1. The van der Waals surface area contributed by atoms with Crippen LogP contribution in [0.25, 0.3) is 0 Å². The summed E-state index contributed by atoms with van der Waals surface area (Å²) in [5.41, 5.74) is 6.03. The van der Waals surface area contributed by atoms with Crippen LogP contribution in [0.3, 0.4) is 0 Å². The normalized spacial score (nSPS) is 11.2.